The number of nitrogens with one attached hydrogen (secondary N) is 1. The molecule has 312 valence electrons. The molecule has 0 aromatic heterocycles. The molecule has 0 spiro atoms. The lowest BCUT2D eigenvalue weighted by Crippen LogP contribution is -2.45. The van der Waals surface area contributed by atoms with Crippen molar-refractivity contribution in [1.29, 1.82) is 0 Å². The number of nitrogens with two attached hydrogens (primary N) is 1. The highest BCUT2D eigenvalue weighted by Crippen LogP contribution is 2.43. The van der Waals surface area contributed by atoms with E-state index in [1.165, 1.54) is 141 Å². The molecule has 0 aromatic carbocycles. The van der Waals surface area contributed by atoms with Crippen molar-refractivity contribution in [3.8, 4) is 0 Å². The molecule has 0 radical (unpaired) electrons. The highest BCUT2D eigenvalue weighted by atomic mass is 31.2. The zero-order valence-electron chi connectivity index (χ0n) is 34.5. The van der Waals surface area contributed by atoms with E-state index in [4.69, 9.17) is 14.8 Å². The van der Waals surface area contributed by atoms with Crippen molar-refractivity contribution >= 4 is 13.7 Å². The van der Waals surface area contributed by atoms with E-state index in [0.717, 1.165) is 44.9 Å². The fourth-order valence-electron chi connectivity index (χ4n) is 6.34. The Morgan fingerprint density at radius 2 is 1.04 bits per heavy atom. The summed E-state index contributed by atoms with van der Waals surface area (Å²) in [6.45, 7) is 4.11. The van der Waals surface area contributed by atoms with Gasteiger partial charge in [0.15, 0.2) is 0 Å². The monoisotopic (exact) mass is 769 g/mol. The first-order chi connectivity index (χ1) is 25.9. The lowest BCUT2D eigenvalue weighted by atomic mass is 10.0. The summed E-state index contributed by atoms with van der Waals surface area (Å²) in [6.07, 6.45) is 47.6. The van der Waals surface area contributed by atoms with Crippen molar-refractivity contribution in [3.05, 3.63) is 36.5 Å². The van der Waals surface area contributed by atoms with Gasteiger partial charge in [-0.2, -0.15) is 0 Å². The summed E-state index contributed by atoms with van der Waals surface area (Å²) in [7, 11) is -4.34. The van der Waals surface area contributed by atoms with Crippen LogP contribution in [0.1, 0.15) is 206 Å². The van der Waals surface area contributed by atoms with Gasteiger partial charge in [0.25, 0.3) is 0 Å². The van der Waals surface area contributed by atoms with Crippen LogP contribution in [0.25, 0.3) is 0 Å². The van der Waals surface area contributed by atoms with Crippen LogP contribution >= 0.6 is 7.82 Å². The number of amides is 1. The molecule has 0 saturated heterocycles. The van der Waals surface area contributed by atoms with Crippen molar-refractivity contribution < 1.29 is 28.4 Å². The summed E-state index contributed by atoms with van der Waals surface area (Å²) in [5, 5.41) is 13.7. The predicted octanol–water partition coefficient (Wildman–Crippen LogP) is 12.3. The number of carbonyl (C=O) groups is 1. The number of hydrogen-bond donors (Lipinski definition) is 4. The van der Waals surface area contributed by atoms with Gasteiger partial charge in [0, 0.05) is 13.0 Å². The van der Waals surface area contributed by atoms with Gasteiger partial charge in [0.2, 0.25) is 5.91 Å². The van der Waals surface area contributed by atoms with E-state index in [0.29, 0.717) is 6.42 Å². The molecule has 0 fully saturated rings. The van der Waals surface area contributed by atoms with E-state index < -0.39 is 20.0 Å². The van der Waals surface area contributed by atoms with Gasteiger partial charge < -0.3 is 21.1 Å². The van der Waals surface area contributed by atoms with Crippen LogP contribution < -0.4 is 11.1 Å². The van der Waals surface area contributed by atoms with Crippen LogP contribution in [0.4, 0.5) is 0 Å². The normalized spacial score (nSPS) is 14.4. The first-order valence-corrected chi connectivity index (χ1v) is 23.6. The zero-order valence-corrected chi connectivity index (χ0v) is 35.4. The average Bonchev–Trinajstić information content (AvgIpc) is 3.14. The molecule has 0 heterocycles. The summed E-state index contributed by atoms with van der Waals surface area (Å²) in [5.74, 6) is -0.199. The number of carbonyl (C=O) groups excluding carboxylic acids is 1. The first kappa shape index (κ1) is 51.7. The van der Waals surface area contributed by atoms with Gasteiger partial charge in [0.05, 0.1) is 25.4 Å². The Balaban J connectivity index is 4.20. The molecule has 5 N–H and O–H groups in total. The second-order valence-electron chi connectivity index (χ2n) is 14.9. The first-order valence-electron chi connectivity index (χ1n) is 22.1. The van der Waals surface area contributed by atoms with Crippen molar-refractivity contribution in [2.45, 2.75) is 219 Å². The molecule has 0 bridgehead atoms. The third kappa shape index (κ3) is 38.8. The van der Waals surface area contributed by atoms with Crippen LogP contribution in [0.15, 0.2) is 36.5 Å². The highest BCUT2D eigenvalue weighted by Gasteiger charge is 2.26. The van der Waals surface area contributed by atoms with E-state index in [2.05, 4.69) is 43.5 Å². The Labute approximate surface area is 327 Å². The molecular formula is C44H85N2O6P. The third-order valence-electron chi connectivity index (χ3n) is 9.71. The lowest BCUT2D eigenvalue weighted by Gasteiger charge is -2.23. The minimum absolute atomic E-state index is 0.0776. The van der Waals surface area contributed by atoms with Gasteiger partial charge in [-0.3, -0.25) is 13.8 Å². The van der Waals surface area contributed by atoms with Gasteiger partial charge in [0.1, 0.15) is 0 Å². The Hall–Kier alpha value is -1.28. The summed E-state index contributed by atoms with van der Waals surface area (Å²) < 4.78 is 22.1. The number of allylic oxidation sites excluding steroid dienone is 5. The van der Waals surface area contributed by atoms with Gasteiger partial charge in [-0.15, -0.1) is 0 Å². The van der Waals surface area contributed by atoms with Crippen LogP contribution in [0, 0.1) is 0 Å². The summed E-state index contributed by atoms with van der Waals surface area (Å²) in [5.41, 5.74) is 5.37. The van der Waals surface area contributed by atoms with E-state index in [-0.39, 0.29) is 25.7 Å². The highest BCUT2D eigenvalue weighted by molar-refractivity contribution is 7.47. The van der Waals surface area contributed by atoms with Crippen LogP contribution in [0.2, 0.25) is 0 Å². The Morgan fingerprint density at radius 1 is 0.623 bits per heavy atom. The molecule has 1 amide bonds. The number of aliphatic hydroxyl groups excluding tert-OH is 1. The maximum Gasteiger partial charge on any atom is 0.472 e. The molecule has 3 atom stereocenters. The maximum atomic E-state index is 12.8. The topological polar surface area (TPSA) is 131 Å². The van der Waals surface area contributed by atoms with E-state index in [1.54, 1.807) is 6.08 Å². The fraction of sp³-hybridized carbons (Fsp3) is 0.841. The number of phosphoric acid groups is 1. The fourth-order valence-corrected chi connectivity index (χ4v) is 7.10. The van der Waals surface area contributed by atoms with Crippen molar-refractivity contribution in [1.82, 2.24) is 5.32 Å². The molecule has 0 aliphatic rings. The molecule has 0 aliphatic carbocycles. The summed E-state index contributed by atoms with van der Waals surface area (Å²) in [6, 6.07) is -0.861. The smallest absolute Gasteiger partial charge is 0.387 e. The number of aliphatic hydroxyl groups is 1. The number of unbranched alkanes of at least 4 members (excludes halogenated alkanes) is 25. The molecule has 0 rings (SSSR count). The molecule has 3 unspecified atom stereocenters. The Morgan fingerprint density at radius 3 is 1.53 bits per heavy atom. The average molecular weight is 769 g/mol. The number of phosphoric ester groups is 1. The van der Waals surface area contributed by atoms with Crippen molar-refractivity contribution in [2.24, 2.45) is 5.73 Å². The summed E-state index contributed by atoms with van der Waals surface area (Å²) in [4.78, 5) is 22.7. The standard InChI is InChI=1S/C44H85N2O6P/c1-3-5-7-9-11-13-15-17-19-20-21-22-24-26-28-30-32-34-36-38-44(48)46-42(41-52-53(49,50)51-40-39-45)43(47)37-35-33-31-29-27-25-23-18-16-14-12-10-8-6-4-2/h11,13,17,19,35,37,42-43,47H,3-10,12,14-16,18,20-34,36,38-41,45H2,1-2H3,(H,46,48)(H,49,50)/b13-11-,19-17-,37-35+. The minimum atomic E-state index is -4.34. The Bertz CT molecular complexity index is 928. The third-order valence-corrected chi connectivity index (χ3v) is 10.7. The Kier molecular flexibility index (Phi) is 39.4. The molecule has 9 heteroatoms. The molecule has 0 saturated carbocycles. The van der Waals surface area contributed by atoms with Crippen LogP contribution in [-0.4, -0.2) is 47.8 Å². The predicted molar refractivity (Wildman–Crippen MR) is 226 cm³/mol. The quantitative estimate of drug-likeness (QED) is 0.0277. The molecule has 0 aromatic rings. The molecule has 8 nitrogen and oxygen atoms in total. The summed E-state index contributed by atoms with van der Waals surface area (Å²) >= 11 is 0. The van der Waals surface area contributed by atoms with E-state index >= 15 is 0 Å². The van der Waals surface area contributed by atoms with Crippen LogP contribution in [0.3, 0.4) is 0 Å². The van der Waals surface area contributed by atoms with Gasteiger partial charge >= 0.3 is 7.82 Å². The molecule has 0 aliphatic heterocycles. The van der Waals surface area contributed by atoms with Gasteiger partial charge in [-0.25, -0.2) is 4.57 Å². The second kappa shape index (κ2) is 40.4. The van der Waals surface area contributed by atoms with Gasteiger partial charge in [-0.1, -0.05) is 185 Å². The number of rotatable bonds is 41. The number of hydrogen-bond acceptors (Lipinski definition) is 6. The maximum absolute atomic E-state index is 12.8. The largest absolute Gasteiger partial charge is 0.472 e. The van der Waals surface area contributed by atoms with Gasteiger partial charge in [-0.05, 0) is 51.4 Å². The lowest BCUT2D eigenvalue weighted by molar-refractivity contribution is -0.123. The van der Waals surface area contributed by atoms with Crippen LogP contribution in [0.5, 0.6) is 0 Å². The molecule has 53 heavy (non-hydrogen) atoms. The molecular weight excluding hydrogens is 683 g/mol. The second-order valence-corrected chi connectivity index (χ2v) is 16.4. The minimum Gasteiger partial charge on any atom is -0.387 e. The van der Waals surface area contributed by atoms with Crippen molar-refractivity contribution in [3.63, 3.8) is 0 Å². The van der Waals surface area contributed by atoms with Crippen molar-refractivity contribution in [2.75, 3.05) is 19.8 Å². The zero-order chi connectivity index (χ0) is 38.9. The van der Waals surface area contributed by atoms with E-state index in [1.807, 2.05) is 6.08 Å². The van der Waals surface area contributed by atoms with E-state index in [9.17, 15) is 19.4 Å². The SMILES string of the molecule is CCCCC/C=C\C/C=C\CCCCCCCCCCCC(=O)NC(COP(=O)(O)OCCN)C(O)/C=C/CCCCCCCCCCCCCCC. The van der Waals surface area contributed by atoms with Crippen LogP contribution in [-0.2, 0) is 18.4 Å².